The molecular formula is C12H16N2O3S. The van der Waals surface area contributed by atoms with Crippen LogP contribution in [0.3, 0.4) is 0 Å². The normalized spacial score (nSPS) is 17.2. The van der Waals surface area contributed by atoms with E-state index in [1.54, 1.807) is 18.2 Å². The lowest BCUT2D eigenvalue weighted by Gasteiger charge is -2.14. The number of sulfone groups is 1. The molecule has 0 unspecified atom stereocenters. The number of amides is 1. The third kappa shape index (κ3) is 2.39. The smallest absolute Gasteiger partial charge is 0.231 e. The van der Waals surface area contributed by atoms with Gasteiger partial charge in [-0.15, -0.1) is 0 Å². The zero-order valence-corrected chi connectivity index (χ0v) is 11.0. The number of nitrogens with one attached hydrogen (secondary N) is 1. The zero-order chi connectivity index (χ0) is 13.4. The second kappa shape index (κ2) is 4.37. The summed E-state index contributed by atoms with van der Waals surface area (Å²) in [7, 11) is -3.36. The van der Waals surface area contributed by atoms with Crippen molar-refractivity contribution >= 4 is 21.4 Å². The van der Waals surface area contributed by atoms with Gasteiger partial charge in [-0.3, -0.25) is 4.79 Å². The van der Waals surface area contributed by atoms with Gasteiger partial charge in [-0.25, -0.2) is 8.42 Å². The Morgan fingerprint density at radius 3 is 2.50 bits per heavy atom. The lowest BCUT2D eigenvalue weighted by molar-refractivity contribution is -0.120. The Morgan fingerprint density at radius 1 is 1.39 bits per heavy atom. The summed E-state index contributed by atoms with van der Waals surface area (Å²) in [5, 5.41) is 2.67. The molecular weight excluding hydrogens is 252 g/mol. The topological polar surface area (TPSA) is 89.3 Å². The minimum absolute atomic E-state index is 0.131. The van der Waals surface area contributed by atoms with Gasteiger partial charge < -0.3 is 11.1 Å². The van der Waals surface area contributed by atoms with Crippen molar-refractivity contribution in [3.8, 4) is 0 Å². The number of rotatable bonds is 4. The number of hydrogen-bond donors (Lipinski definition) is 2. The first-order valence-electron chi connectivity index (χ1n) is 5.70. The number of carbonyl (C=O) groups excluding carboxylic acids is 1. The highest BCUT2D eigenvalue weighted by Gasteiger charge is 2.48. The number of benzene rings is 1. The van der Waals surface area contributed by atoms with E-state index < -0.39 is 15.3 Å². The van der Waals surface area contributed by atoms with Gasteiger partial charge >= 0.3 is 0 Å². The van der Waals surface area contributed by atoms with Gasteiger partial charge in [-0.05, 0) is 25.0 Å². The van der Waals surface area contributed by atoms with E-state index in [9.17, 15) is 13.2 Å². The average molecular weight is 268 g/mol. The van der Waals surface area contributed by atoms with Gasteiger partial charge in [0.25, 0.3) is 0 Å². The van der Waals surface area contributed by atoms with Crippen molar-refractivity contribution in [2.45, 2.75) is 17.7 Å². The average Bonchev–Trinajstić information content (AvgIpc) is 3.09. The van der Waals surface area contributed by atoms with E-state index in [2.05, 4.69) is 5.32 Å². The zero-order valence-electron chi connectivity index (χ0n) is 10.1. The Kier molecular flexibility index (Phi) is 3.16. The first-order valence-corrected chi connectivity index (χ1v) is 7.59. The van der Waals surface area contributed by atoms with Crippen LogP contribution < -0.4 is 11.1 Å². The van der Waals surface area contributed by atoms with Gasteiger partial charge in [0.1, 0.15) is 0 Å². The van der Waals surface area contributed by atoms with E-state index in [1.807, 2.05) is 0 Å². The quantitative estimate of drug-likeness (QED) is 0.844. The van der Waals surface area contributed by atoms with E-state index in [-0.39, 0.29) is 10.8 Å². The summed E-state index contributed by atoms with van der Waals surface area (Å²) in [6.45, 7) is 0.292. The Balaban J connectivity index is 2.28. The SMILES string of the molecule is CS(=O)(=O)c1ccccc1NC(=O)C1(CN)CC1. The minimum Gasteiger partial charge on any atom is -0.329 e. The highest BCUT2D eigenvalue weighted by molar-refractivity contribution is 7.90. The molecule has 18 heavy (non-hydrogen) atoms. The maximum atomic E-state index is 12.0. The molecule has 98 valence electrons. The molecule has 3 N–H and O–H groups in total. The molecule has 0 radical (unpaired) electrons. The van der Waals surface area contributed by atoms with Crippen LogP contribution in [-0.4, -0.2) is 27.1 Å². The van der Waals surface area contributed by atoms with E-state index in [4.69, 9.17) is 5.73 Å². The second-order valence-corrected chi connectivity index (χ2v) is 6.69. The molecule has 0 heterocycles. The fraction of sp³-hybridized carbons (Fsp3) is 0.417. The van der Waals surface area contributed by atoms with Crippen LogP contribution in [0.4, 0.5) is 5.69 Å². The van der Waals surface area contributed by atoms with Crippen molar-refractivity contribution < 1.29 is 13.2 Å². The van der Waals surface area contributed by atoms with Crippen LogP contribution in [0.5, 0.6) is 0 Å². The van der Waals surface area contributed by atoms with Gasteiger partial charge in [-0.1, -0.05) is 12.1 Å². The van der Waals surface area contributed by atoms with Crippen LogP contribution >= 0.6 is 0 Å². The van der Waals surface area contributed by atoms with Crippen LogP contribution in [0, 0.1) is 5.41 Å². The highest BCUT2D eigenvalue weighted by Crippen LogP contribution is 2.45. The van der Waals surface area contributed by atoms with Crippen LogP contribution in [0.15, 0.2) is 29.2 Å². The summed E-state index contributed by atoms with van der Waals surface area (Å²) in [5.74, 6) is -0.193. The second-order valence-electron chi connectivity index (χ2n) is 4.71. The predicted molar refractivity (Wildman–Crippen MR) is 68.9 cm³/mol. The molecule has 0 aromatic heterocycles. The lowest BCUT2D eigenvalue weighted by Crippen LogP contribution is -2.31. The van der Waals surface area contributed by atoms with E-state index in [0.717, 1.165) is 19.1 Å². The molecule has 0 atom stereocenters. The Morgan fingerprint density at radius 2 is 2.00 bits per heavy atom. The van der Waals surface area contributed by atoms with Crippen molar-refractivity contribution in [3.63, 3.8) is 0 Å². The van der Waals surface area contributed by atoms with Crippen LogP contribution in [0.1, 0.15) is 12.8 Å². The Bertz CT molecular complexity index is 577. The van der Waals surface area contributed by atoms with Crippen LogP contribution in [0.25, 0.3) is 0 Å². The number of hydrogen-bond acceptors (Lipinski definition) is 4. The minimum atomic E-state index is -3.36. The first-order chi connectivity index (χ1) is 8.39. The molecule has 0 bridgehead atoms. The van der Waals surface area contributed by atoms with Crippen LogP contribution in [0.2, 0.25) is 0 Å². The molecule has 1 fully saturated rings. The molecule has 1 aliphatic carbocycles. The van der Waals surface area contributed by atoms with Gasteiger partial charge in [0.05, 0.1) is 16.0 Å². The molecule has 0 saturated heterocycles. The summed E-state index contributed by atoms with van der Waals surface area (Å²) in [6, 6.07) is 6.38. The molecule has 1 aromatic carbocycles. The summed E-state index contributed by atoms with van der Waals surface area (Å²) < 4.78 is 23.2. The number of para-hydroxylation sites is 1. The Labute approximate surface area is 106 Å². The highest BCUT2D eigenvalue weighted by atomic mass is 32.2. The van der Waals surface area contributed by atoms with Crippen molar-refractivity contribution in [3.05, 3.63) is 24.3 Å². The molecule has 5 nitrogen and oxygen atoms in total. The molecule has 1 aliphatic rings. The Hall–Kier alpha value is -1.40. The van der Waals surface area contributed by atoms with E-state index in [1.165, 1.54) is 6.07 Å². The van der Waals surface area contributed by atoms with Crippen LogP contribution in [-0.2, 0) is 14.6 Å². The van der Waals surface area contributed by atoms with Crippen molar-refractivity contribution in [2.75, 3.05) is 18.1 Å². The molecule has 2 rings (SSSR count). The third-order valence-electron chi connectivity index (χ3n) is 3.26. The molecule has 0 spiro atoms. The lowest BCUT2D eigenvalue weighted by atomic mass is 10.1. The molecule has 0 aliphatic heterocycles. The predicted octanol–water partition coefficient (Wildman–Crippen LogP) is 0.768. The fourth-order valence-electron chi connectivity index (χ4n) is 1.82. The monoisotopic (exact) mass is 268 g/mol. The maximum absolute atomic E-state index is 12.0. The van der Waals surface area contributed by atoms with E-state index in [0.29, 0.717) is 12.2 Å². The van der Waals surface area contributed by atoms with Gasteiger partial charge in [-0.2, -0.15) is 0 Å². The molecule has 1 amide bonds. The molecule has 6 heteroatoms. The summed E-state index contributed by atoms with van der Waals surface area (Å²) in [6.07, 6.45) is 2.64. The molecule has 1 saturated carbocycles. The van der Waals surface area contributed by atoms with Gasteiger partial charge in [0, 0.05) is 12.8 Å². The van der Waals surface area contributed by atoms with Gasteiger partial charge in [0.15, 0.2) is 9.84 Å². The largest absolute Gasteiger partial charge is 0.329 e. The van der Waals surface area contributed by atoms with Crippen molar-refractivity contribution in [1.29, 1.82) is 0 Å². The summed E-state index contributed by atoms with van der Waals surface area (Å²) >= 11 is 0. The third-order valence-corrected chi connectivity index (χ3v) is 4.42. The van der Waals surface area contributed by atoms with E-state index >= 15 is 0 Å². The first kappa shape index (κ1) is 13.0. The fourth-order valence-corrected chi connectivity index (χ4v) is 2.67. The standard InChI is InChI=1S/C12H16N2O3S/c1-18(16,17)10-5-3-2-4-9(10)14-11(15)12(8-13)6-7-12/h2-5H,6-8,13H2,1H3,(H,14,15). The van der Waals surface area contributed by atoms with Gasteiger partial charge in [0.2, 0.25) is 5.91 Å². The number of nitrogens with two attached hydrogens (primary N) is 1. The summed E-state index contributed by atoms with van der Waals surface area (Å²) in [4.78, 5) is 12.2. The van der Waals surface area contributed by atoms with Crippen molar-refractivity contribution in [1.82, 2.24) is 0 Å². The van der Waals surface area contributed by atoms with Crippen molar-refractivity contribution in [2.24, 2.45) is 11.1 Å². The number of carbonyl (C=O) groups is 1. The number of anilines is 1. The maximum Gasteiger partial charge on any atom is 0.231 e. The molecule has 1 aromatic rings. The summed E-state index contributed by atoms with van der Waals surface area (Å²) in [5.41, 5.74) is 5.40.